The standard InChI is InChI=1S/C16H22ClN3O/c1-2-18-15-10-12(9-14(17)19-15)16(21)20-8-4-6-11-5-3-7-13(11)20/h9-11,13H,2-8H2,1H3,(H,18,19). The van der Waals surface area contributed by atoms with Gasteiger partial charge in [-0.3, -0.25) is 4.79 Å². The van der Waals surface area contributed by atoms with Gasteiger partial charge in [-0.25, -0.2) is 4.98 Å². The van der Waals surface area contributed by atoms with Crippen molar-refractivity contribution in [2.75, 3.05) is 18.4 Å². The Hall–Kier alpha value is -1.29. The Morgan fingerprint density at radius 3 is 3.00 bits per heavy atom. The molecule has 2 atom stereocenters. The number of hydrogen-bond acceptors (Lipinski definition) is 3. The van der Waals surface area contributed by atoms with E-state index in [1.807, 2.05) is 13.0 Å². The number of nitrogens with zero attached hydrogens (tertiary/aromatic N) is 2. The van der Waals surface area contributed by atoms with Gasteiger partial charge in [0.1, 0.15) is 11.0 Å². The molecule has 0 bridgehead atoms. The van der Waals surface area contributed by atoms with Crippen LogP contribution in [0.3, 0.4) is 0 Å². The largest absolute Gasteiger partial charge is 0.370 e. The topological polar surface area (TPSA) is 45.2 Å². The summed E-state index contributed by atoms with van der Waals surface area (Å²) in [7, 11) is 0. The molecule has 2 unspecified atom stereocenters. The minimum Gasteiger partial charge on any atom is -0.370 e. The van der Waals surface area contributed by atoms with Crippen molar-refractivity contribution in [1.29, 1.82) is 0 Å². The van der Waals surface area contributed by atoms with Crippen LogP contribution < -0.4 is 5.32 Å². The van der Waals surface area contributed by atoms with Crippen LogP contribution >= 0.6 is 11.6 Å². The zero-order chi connectivity index (χ0) is 14.8. The van der Waals surface area contributed by atoms with E-state index in [2.05, 4.69) is 15.2 Å². The molecule has 1 saturated carbocycles. The molecule has 1 amide bonds. The van der Waals surface area contributed by atoms with Crippen LogP contribution in [0.25, 0.3) is 0 Å². The maximum atomic E-state index is 12.9. The molecule has 1 N–H and O–H groups in total. The number of aromatic nitrogens is 1. The molecule has 1 aromatic heterocycles. The summed E-state index contributed by atoms with van der Waals surface area (Å²) in [4.78, 5) is 19.1. The van der Waals surface area contributed by atoms with Crippen molar-refractivity contribution in [2.24, 2.45) is 5.92 Å². The smallest absolute Gasteiger partial charge is 0.254 e. The number of halogens is 1. The Kier molecular flexibility index (Phi) is 4.34. The highest BCUT2D eigenvalue weighted by molar-refractivity contribution is 6.29. The molecule has 2 fully saturated rings. The molecule has 2 aliphatic rings. The van der Waals surface area contributed by atoms with E-state index in [0.717, 1.165) is 25.9 Å². The molecular weight excluding hydrogens is 286 g/mol. The highest BCUT2D eigenvalue weighted by Gasteiger charge is 2.37. The molecule has 2 heterocycles. The van der Waals surface area contributed by atoms with Crippen molar-refractivity contribution in [3.63, 3.8) is 0 Å². The fourth-order valence-electron chi connectivity index (χ4n) is 3.76. The average molecular weight is 308 g/mol. The molecule has 114 valence electrons. The van der Waals surface area contributed by atoms with Crippen LogP contribution in [0.5, 0.6) is 0 Å². The molecule has 5 heteroatoms. The van der Waals surface area contributed by atoms with Crippen LogP contribution in [-0.4, -0.2) is 34.9 Å². The highest BCUT2D eigenvalue weighted by Crippen LogP contribution is 2.37. The predicted molar refractivity (Wildman–Crippen MR) is 84.8 cm³/mol. The third-order valence-electron chi connectivity index (χ3n) is 4.65. The molecule has 1 aliphatic heterocycles. The van der Waals surface area contributed by atoms with Crippen molar-refractivity contribution in [3.8, 4) is 0 Å². The van der Waals surface area contributed by atoms with Gasteiger partial charge in [-0.05, 0) is 50.7 Å². The zero-order valence-corrected chi connectivity index (χ0v) is 13.2. The van der Waals surface area contributed by atoms with Crippen molar-refractivity contribution in [2.45, 2.75) is 45.1 Å². The van der Waals surface area contributed by atoms with Crippen molar-refractivity contribution in [1.82, 2.24) is 9.88 Å². The average Bonchev–Trinajstić information content (AvgIpc) is 2.94. The maximum Gasteiger partial charge on any atom is 0.254 e. The zero-order valence-electron chi connectivity index (χ0n) is 12.4. The molecule has 1 saturated heterocycles. The van der Waals surface area contributed by atoms with E-state index in [-0.39, 0.29) is 5.91 Å². The summed E-state index contributed by atoms with van der Waals surface area (Å²) < 4.78 is 0. The second-order valence-electron chi connectivity index (χ2n) is 5.99. The number of nitrogens with one attached hydrogen (secondary N) is 1. The van der Waals surface area contributed by atoms with Gasteiger partial charge in [0.25, 0.3) is 5.91 Å². The Balaban J connectivity index is 1.84. The van der Waals surface area contributed by atoms with Gasteiger partial charge in [-0.15, -0.1) is 0 Å². The number of rotatable bonds is 3. The fourth-order valence-corrected chi connectivity index (χ4v) is 3.97. The fraction of sp³-hybridized carbons (Fsp3) is 0.625. The van der Waals surface area contributed by atoms with Gasteiger partial charge in [0.15, 0.2) is 0 Å². The molecule has 1 aliphatic carbocycles. The van der Waals surface area contributed by atoms with Gasteiger partial charge in [-0.2, -0.15) is 0 Å². The van der Waals surface area contributed by atoms with E-state index in [0.29, 0.717) is 28.5 Å². The predicted octanol–water partition coefficient (Wildman–Crippen LogP) is 3.57. The molecule has 21 heavy (non-hydrogen) atoms. The Morgan fingerprint density at radius 1 is 1.38 bits per heavy atom. The van der Waals surface area contributed by atoms with Gasteiger partial charge in [0, 0.05) is 24.7 Å². The maximum absolute atomic E-state index is 12.9. The normalized spacial score (nSPS) is 24.8. The summed E-state index contributed by atoms with van der Waals surface area (Å²) in [5.41, 5.74) is 0.651. The number of piperidine rings is 1. The Bertz CT molecular complexity index is 534. The molecule has 0 spiro atoms. The number of pyridine rings is 1. The van der Waals surface area contributed by atoms with Gasteiger partial charge in [-0.1, -0.05) is 18.0 Å². The lowest BCUT2D eigenvalue weighted by molar-refractivity contribution is 0.0548. The van der Waals surface area contributed by atoms with Crippen LogP contribution in [-0.2, 0) is 0 Å². The van der Waals surface area contributed by atoms with E-state index in [1.165, 1.54) is 19.3 Å². The lowest BCUT2D eigenvalue weighted by Crippen LogP contribution is -2.46. The quantitative estimate of drug-likeness (QED) is 0.868. The number of carbonyl (C=O) groups is 1. The van der Waals surface area contributed by atoms with Gasteiger partial charge in [0.05, 0.1) is 0 Å². The van der Waals surface area contributed by atoms with Gasteiger partial charge >= 0.3 is 0 Å². The number of fused-ring (bicyclic) bond motifs is 1. The summed E-state index contributed by atoms with van der Waals surface area (Å²) in [6, 6.07) is 3.93. The Morgan fingerprint density at radius 2 is 2.19 bits per heavy atom. The lowest BCUT2D eigenvalue weighted by atomic mass is 9.91. The number of hydrogen-bond donors (Lipinski definition) is 1. The summed E-state index contributed by atoms with van der Waals surface area (Å²) >= 11 is 6.06. The van der Waals surface area contributed by atoms with Crippen LogP contribution in [0.1, 0.15) is 49.4 Å². The van der Waals surface area contributed by atoms with E-state index >= 15 is 0 Å². The highest BCUT2D eigenvalue weighted by atomic mass is 35.5. The van der Waals surface area contributed by atoms with Gasteiger partial charge < -0.3 is 10.2 Å². The van der Waals surface area contributed by atoms with E-state index < -0.39 is 0 Å². The van der Waals surface area contributed by atoms with E-state index in [4.69, 9.17) is 11.6 Å². The van der Waals surface area contributed by atoms with Crippen LogP contribution in [0.4, 0.5) is 5.82 Å². The minimum absolute atomic E-state index is 0.107. The SMILES string of the molecule is CCNc1cc(C(=O)N2CCCC3CCCC32)cc(Cl)n1. The number of likely N-dealkylation sites (tertiary alicyclic amines) is 1. The van der Waals surface area contributed by atoms with Crippen molar-refractivity contribution < 1.29 is 4.79 Å². The molecular formula is C16H22ClN3O. The second kappa shape index (κ2) is 6.22. The summed E-state index contributed by atoms with van der Waals surface area (Å²) in [6.07, 6.45) is 6.06. The number of amides is 1. The first-order chi connectivity index (χ1) is 10.2. The minimum atomic E-state index is 0.107. The van der Waals surface area contributed by atoms with Gasteiger partial charge in [0.2, 0.25) is 0 Å². The third kappa shape index (κ3) is 3.00. The van der Waals surface area contributed by atoms with Crippen molar-refractivity contribution in [3.05, 3.63) is 22.8 Å². The first kappa shape index (κ1) is 14.6. The number of anilines is 1. The molecule has 0 aromatic carbocycles. The molecule has 0 radical (unpaired) electrons. The summed E-state index contributed by atoms with van der Waals surface area (Å²) in [5.74, 6) is 1.48. The Labute approximate surface area is 130 Å². The summed E-state index contributed by atoms with van der Waals surface area (Å²) in [6.45, 7) is 3.63. The monoisotopic (exact) mass is 307 g/mol. The van der Waals surface area contributed by atoms with E-state index in [1.54, 1.807) is 6.07 Å². The molecule has 3 rings (SSSR count). The molecule has 4 nitrogen and oxygen atoms in total. The van der Waals surface area contributed by atoms with Crippen LogP contribution in [0.2, 0.25) is 5.15 Å². The number of carbonyl (C=O) groups excluding carboxylic acids is 1. The lowest BCUT2D eigenvalue weighted by Gasteiger charge is -2.37. The third-order valence-corrected chi connectivity index (χ3v) is 4.85. The second-order valence-corrected chi connectivity index (χ2v) is 6.38. The van der Waals surface area contributed by atoms with Crippen molar-refractivity contribution >= 4 is 23.3 Å². The van der Waals surface area contributed by atoms with E-state index in [9.17, 15) is 4.79 Å². The first-order valence-corrected chi connectivity index (χ1v) is 8.29. The first-order valence-electron chi connectivity index (χ1n) is 7.91. The molecule has 1 aromatic rings. The van der Waals surface area contributed by atoms with Crippen LogP contribution in [0.15, 0.2) is 12.1 Å². The summed E-state index contributed by atoms with van der Waals surface area (Å²) in [5, 5.41) is 3.50. The van der Waals surface area contributed by atoms with Crippen LogP contribution in [0, 0.1) is 5.92 Å².